The van der Waals surface area contributed by atoms with E-state index in [0.29, 0.717) is 0 Å². The lowest BCUT2D eigenvalue weighted by atomic mass is 9.69. The van der Waals surface area contributed by atoms with Gasteiger partial charge < -0.3 is 4.74 Å². The predicted octanol–water partition coefficient (Wildman–Crippen LogP) is 7.34. The SMILES string of the molecule is CCCCCCC[C@]1(C#N)CC[C@H](C(=O)OC2CCC(CCCC)CC2)CC1. The third kappa shape index (κ3) is 7.41. The summed E-state index contributed by atoms with van der Waals surface area (Å²) >= 11 is 0. The van der Waals surface area contributed by atoms with Crippen molar-refractivity contribution in [2.75, 3.05) is 0 Å². The number of carbonyl (C=O) groups excluding carboxylic acids is 1. The first kappa shape index (κ1) is 23.2. The number of hydrogen-bond acceptors (Lipinski definition) is 3. The molecule has 0 N–H and O–H groups in total. The minimum absolute atomic E-state index is 0.0199. The van der Waals surface area contributed by atoms with E-state index in [1.54, 1.807) is 0 Å². The van der Waals surface area contributed by atoms with Crippen molar-refractivity contribution in [2.45, 2.75) is 129 Å². The number of nitrogens with zero attached hydrogens (tertiary/aromatic N) is 1. The van der Waals surface area contributed by atoms with Crippen molar-refractivity contribution in [1.82, 2.24) is 0 Å². The summed E-state index contributed by atoms with van der Waals surface area (Å²) < 4.78 is 5.89. The van der Waals surface area contributed by atoms with Crippen LogP contribution in [0.2, 0.25) is 0 Å². The number of rotatable bonds is 11. The Kier molecular flexibility index (Phi) is 10.4. The molecule has 0 aromatic carbocycles. The van der Waals surface area contributed by atoms with Crippen LogP contribution in [0, 0.1) is 28.6 Å². The molecule has 2 fully saturated rings. The minimum Gasteiger partial charge on any atom is -0.462 e. The summed E-state index contributed by atoms with van der Waals surface area (Å²) in [5.41, 5.74) is -0.180. The molecule has 0 spiro atoms. The van der Waals surface area contributed by atoms with Gasteiger partial charge in [-0.25, -0.2) is 0 Å². The molecular formula is C25H43NO2. The molecule has 3 heteroatoms. The summed E-state index contributed by atoms with van der Waals surface area (Å²) in [6.07, 6.45) is 19.3. The van der Waals surface area contributed by atoms with E-state index in [-0.39, 0.29) is 23.4 Å². The van der Waals surface area contributed by atoms with Crippen LogP contribution in [-0.4, -0.2) is 12.1 Å². The lowest BCUT2D eigenvalue weighted by Gasteiger charge is -2.35. The third-order valence-corrected chi connectivity index (χ3v) is 7.31. The fourth-order valence-electron chi connectivity index (χ4n) is 5.18. The molecule has 3 nitrogen and oxygen atoms in total. The van der Waals surface area contributed by atoms with Gasteiger partial charge >= 0.3 is 5.97 Å². The van der Waals surface area contributed by atoms with Gasteiger partial charge in [-0.2, -0.15) is 5.26 Å². The van der Waals surface area contributed by atoms with Gasteiger partial charge in [0.15, 0.2) is 0 Å². The Balaban J connectivity index is 1.67. The second-order valence-corrected chi connectivity index (χ2v) is 9.55. The highest BCUT2D eigenvalue weighted by Gasteiger charge is 2.38. The third-order valence-electron chi connectivity index (χ3n) is 7.31. The fourth-order valence-corrected chi connectivity index (χ4v) is 5.18. The Morgan fingerprint density at radius 1 is 0.929 bits per heavy atom. The van der Waals surface area contributed by atoms with Gasteiger partial charge in [0, 0.05) is 0 Å². The van der Waals surface area contributed by atoms with E-state index < -0.39 is 0 Å². The quantitative estimate of drug-likeness (QED) is 0.274. The Morgan fingerprint density at radius 2 is 1.57 bits per heavy atom. The zero-order valence-electron chi connectivity index (χ0n) is 18.5. The average Bonchev–Trinajstić information content (AvgIpc) is 2.73. The number of unbranched alkanes of at least 4 members (excludes halogenated alkanes) is 5. The molecule has 160 valence electrons. The summed E-state index contributed by atoms with van der Waals surface area (Å²) in [5.74, 6) is 0.893. The first-order valence-corrected chi connectivity index (χ1v) is 12.2. The van der Waals surface area contributed by atoms with Gasteiger partial charge in [0.25, 0.3) is 0 Å². The molecule has 0 aromatic rings. The summed E-state index contributed by atoms with van der Waals surface area (Å²) in [7, 11) is 0. The number of ether oxygens (including phenoxy) is 1. The molecule has 2 aliphatic carbocycles. The van der Waals surface area contributed by atoms with Gasteiger partial charge in [-0.15, -0.1) is 0 Å². The zero-order chi connectivity index (χ0) is 20.2. The maximum Gasteiger partial charge on any atom is 0.309 e. The second kappa shape index (κ2) is 12.5. The Labute approximate surface area is 173 Å². The average molecular weight is 390 g/mol. The highest BCUT2D eigenvalue weighted by atomic mass is 16.5. The van der Waals surface area contributed by atoms with Gasteiger partial charge in [0.2, 0.25) is 0 Å². The van der Waals surface area contributed by atoms with Crippen LogP contribution in [0.25, 0.3) is 0 Å². The Bertz CT molecular complexity index is 479. The molecule has 28 heavy (non-hydrogen) atoms. The molecule has 0 bridgehead atoms. The van der Waals surface area contributed by atoms with Crippen LogP contribution in [-0.2, 0) is 9.53 Å². The molecular weight excluding hydrogens is 346 g/mol. The highest BCUT2D eigenvalue weighted by Crippen LogP contribution is 2.43. The van der Waals surface area contributed by atoms with E-state index in [2.05, 4.69) is 19.9 Å². The van der Waals surface area contributed by atoms with Crippen LogP contribution < -0.4 is 0 Å². The first-order valence-electron chi connectivity index (χ1n) is 12.2. The van der Waals surface area contributed by atoms with Gasteiger partial charge in [-0.3, -0.25) is 4.79 Å². The zero-order valence-corrected chi connectivity index (χ0v) is 18.5. The molecule has 0 amide bonds. The highest BCUT2D eigenvalue weighted by molar-refractivity contribution is 5.72. The molecule has 2 aliphatic rings. The molecule has 0 atom stereocenters. The summed E-state index contributed by atoms with van der Waals surface area (Å²) in [5, 5.41) is 9.75. The normalized spacial score (nSPS) is 30.5. The second-order valence-electron chi connectivity index (χ2n) is 9.55. The summed E-state index contributed by atoms with van der Waals surface area (Å²) in [6.45, 7) is 4.49. The van der Waals surface area contributed by atoms with E-state index in [1.165, 1.54) is 57.8 Å². The van der Waals surface area contributed by atoms with E-state index in [4.69, 9.17) is 4.74 Å². The van der Waals surface area contributed by atoms with Crippen LogP contribution in [0.4, 0.5) is 0 Å². The number of carbonyl (C=O) groups is 1. The van der Waals surface area contributed by atoms with Gasteiger partial charge in [-0.05, 0) is 63.7 Å². The van der Waals surface area contributed by atoms with Crippen LogP contribution in [0.3, 0.4) is 0 Å². The molecule has 0 aliphatic heterocycles. The Morgan fingerprint density at radius 3 is 2.18 bits per heavy atom. The van der Waals surface area contributed by atoms with Crippen molar-refractivity contribution in [3.05, 3.63) is 0 Å². The number of esters is 1. The molecule has 2 rings (SSSR count). The standard InChI is InChI=1S/C25H43NO2/c1-3-5-7-8-9-17-25(20-26)18-15-22(16-19-25)24(27)28-23-13-11-21(12-14-23)10-6-4-2/h21-23H,3-19H2,1-2H3/t21?,22-,23?,25-. The molecule has 0 saturated heterocycles. The van der Waals surface area contributed by atoms with E-state index >= 15 is 0 Å². The number of nitriles is 1. The lowest BCUT2D eigenvalue weighted by molar-refractivity contribution is -0.157. The van der Waals surface area contributed by atoms with Crippen molar-refractivity contribution in [3.63, 3.8) is 0 Å². The van der Waals surface area contributed by atoms with Gasteiger partial charge in [0.05, 0.1) is 17.4 Å². The molecule has 0 unspecified atom stereocenters. The van der Waals surface area contributed by atoms with E-state index in [1.807, 2.05) is 0 Å². The predicted molar refractivity (Wildman–Crippen MR) is 115 cm³/mol. The van der Waals surface area contributed by atoms with Crippen molar-refractivity contribution in [2.24, 2.45) is 17.3 Å². The maximum absolute atomic E-state index is 12.6. The van der Waals surface area contributed by atoms with Crippen LogP contribution in [0.15, 0.2) is 0 Å². The first-order chi connectivity index (χ1) is 13.6. The van der Waals surface area contributed by atoms with Crippen molar-refractivity contribution < 1.29 is 9.53 Å². The van der Waals surface area contributed by atoms with Crippen LogP contribution >= 0.6 is 0 Å². The molecule has 2 saturated carbocycles. The smallest absolute Gasteiger partial charge is 0.309 e. The molecule has 0 aromatic heterocycles. The molecule has 0 radical (unpaired) electrons. The maximum atomic E-state index is 12.6. The van der Waals surface area contributed by atoms with E-state index in [9.17, 15) is 10.1 Å². The van der Waals surface area contributed by atoms with Crippen molar-refractivity contribution in [1.29, 1.82) is 5.26 Å². The fraction of sp³-hybridized carbons (Fsp3) is 0.920. The summed E-state index contributed by atoms with van der Waals surface area (Å²) in [4.78, 5) is 12.6. The van der Waals surface area contributed by atoms with Crippen molar-refractivity contribution >= 4 is 5.97 Å². The molecule has 0 heterocycles. The minimum atomic E-state index is -0.180. The van der Waals surface area contributed by atoms with E-state index in [0.717, 1.165) is 57.3 Å². The Hall–Kier alpha value is -1.04. The lowest BCUT2D eigenvalue weighted by Crippen LogP contribution is -2.33. The van der Waals surface area contributed by atoms with Crippen LogP contribution in [0.1, 0.15) is 123 Å². The number of hydrogen-bond donors (Lipinski definition) is 0. The van der Waals surface area contributed by atoms with Crippen LogP contribution in [0.5, 0.6) is 0 Å². The van der Waals surface area contributed by atoms with Gasteiger partial charge in [-0.1, -0.05) is 65.2 Å². The van der Waals surface area contributed by atoms with Gasteiger partial charge in [0.1, 0.15) is 6.10 Å². The summed E-state index contributed by atoms with van der Waals surface area (Å²) in [6, 6.07) is 2.62. The van der Waals surface area contributed by atoms with Crippen molar-refractivity contribution in [3.8, 4) is 6.07 Å². The topological polar surface area (TPSA) is 50.1 Å². The monoisotopic (exact) mass is 389 g/mol. The largest absolute Gasteiger partial charge is 0.462 e.